The zero-order valence-electron chi connectivity index (χ0n) is 17.8. The Hall–Kier alpha value is -2.89. The summed E-state index contributed by atoms with van der Waals surface area (Å²) in [7, 11) is 0.269. The first-order valence-electron chi connectivity index (χ1n) is 9.86. The molecule has 0 radical (unpaired) electrons. The van der Waals surface area contributed by atoms with Crippen LogP contribution in [0, 0.1) is 6.92 Å². The van der Waals surface area contributed by atoms with Crippen LogP contribution in [0.3, 0.4) is 0 Å². The van der Waals surface area contributed by atoms with E-state index in [4.69, 9.17) is 0 Å². The molecule has 0 amide bonds. The van der Waals surface area contributed by atoms with Gasteiger partial charge in [-0.1, -0.05) is 71.8 Å². The van der Waals surface area contributed by atoms with E-state index in [0.717, 1.165) is 28.0 Å². The van der Waals surface area contributed by atoms with E-state index < -0.39 is 16.1 Å². The number of aryl methyl sites for hydroxylation is 1. The molecule has 0 saturated heterocycles. The van der Waals surface area contributed by atoms with Crippen molar-refractivity contribution < 1.29 is 8.42 Å². The Kier molecular flexibility index (Phi) is 6.75. The molecule has 0 aromatic heterocycles. The number of rotatable bonds is 7. The number of benzene rings is 3. The fourth-order valence-corrected chi connectivity index (χ4v) is 4.49. The molecular formula is C25H28N2O2S. The van der Waals surface area contributed by atoms with Crippen LogP contribution in [0.15, 0.2) is 89.3 Å². The summed E-state index contributed by atoms with van der Waals surface area (Å²) in [5.74, 6) is 0. The molecule has 0 spiro atoms. The lowest BCUT2D eigenvalue weighted by Gasteiger charge is -2.22. The summed E-state index contributed by atoms with van der Waals surface area (Å²) >= 11 is 0. The van der Waals surface area contributed by atoms with Gasteiger partial charge in [0.05, 0.1) is 10.9 Å². The van der Waals surface area contributed by atoms with Crippen LogP contribution >= 0.6 is 0 Å². The maximum absolute atomic E-state index is 13.1. The summed E-state index contributed by atoms with van der Waals surface area (Å²) in [5.41, 5.74) is 4.91. The van der Waals surface area contributed by atoms with E-state index >= 15 is 0 Å². The van der Waals surface area contributed by atoms with Crippen LogP contribution in [0.25, 0.3) is 6.08 Å². The van der Waals surface area contributed by atoms with Crippen LogP contribution in [0.1, 0.15) is 29.7 Å². The SMILES string of the molecule is CC(=Cc1ccccc1)C(NS(=O)(=O)c1ccc(C)cc1)c1ccc(N(C)C)cc1. The van der Waals surface area contributed by atoms with Gasteiger partial charge in [0, 0.05) is 19.8 Å². The van der Waals surface area contributed by atoms with E-state index in [0.29, 0.717) is 0 Å². The van der Waals surface area contributed by atoms with Gasteiger partial charge in [0.1, 0.15) is 0 Å². The molecule has 3 rings (SSSR count). The minimum atomic E-state index is -3.69. The molecule has 0 aliphatic rings. The molecule has 0 saturated carbocycles. The first-order chi connectivity index (χ1) is 14.3. The number of nitrogens with one attached hydrogen (secondary N) is 1. The average Bonchev–Trinajstić information content (AvgIpc) is 2.73. The van der Waals surface area contributed by atoms with Crippen LogP contribution in [0.2, 0.25) is 0 Å². The lowest BCUT2D eigenvalue weighted by molar-refractivity contribution is 0.571. The molecule has 30 heavy (non-hydrogen) atoms. The maximum atomic E-state index is 13.1. The third-order valence-corrected chi connectivity index (χ3v) is 6.44. The van der Waals surface area contributed by atoms with Crippen molar-refractivity contribution in [1.82, 2.24) is 4.72 Å². The Labute approximate surface area is 179 Å². The molecule has 1 N–H and O–H groups in total. The molecule has 0 fully saturated rings. The highest BCUT2D eigenvalue weighted by Gasteiger charge is 2.23. The fourth-order valence-electron chi connectivity index (χ4n) is 3.22. The largest absolute Gasteiger partial charge is 0.378 e. The molecule has 3 aromatic carbocycles. The Morgan fingerprint density at radius 3 is 2.07 bits per heavy atom. The lowest BCUT2D eigenvalue weighted by Crippen LogP contribution is -2.29. The predicted molar refractivity (Wildman–Crippen MR) is 125 cm³/mol. The molecular weight excluding hydrogens is 392 g/mol. The van der Waals surface area contributed by atoms with Crippen LogP contribution in [0.4, 0.5) is 5.69 Å². The van der Waals surface area contributed by atoms with Gasteiger partial charge in [-0.05, 0) is 49.2 Å². The molecule has 0 heterocycles. The van der Waals surface area contributed by atoms with Crippen molar-refractivity contribution in [1.29, 1.82) is 0 Å². The normalized spacial score (nSPS) is 13.1. The maximum Gasteiger partial charge on any atom is 0.241 e. The number of hydrogen-bond donors (Lipinski definition) is 1. The predicted octanol–water partition coefficient (Wildman–Crippen LogP) is 5.18. The smallest absolute Gasteiger partial charge is 0.241 e. The Morgan fingerprint density at radius 1 is 0.900 bits per heavy atom. The number of hydrogen-bond acceptors (Lipinski definition) is 3. The molecule has 156 valence electrons. The zero-order valence-corrected chi connectivity index (χ0v) is 18.6. The number of sulfonamides is 1. The molecule has 0 aliphatic heterocycles. The van der Waals surface area contributed by atoms with Gasteiger partial charge in [-0.15, -0.1) is 0 Å². The van der Waals surface area contributed by atoms with Crippen molar-refractivity contribution in [2.24, 2.45) is 0 Å². The summed E-state index contributed by atoms with van der Waals surface area (Å²) in [6.45, 7) is 3.89. The van der Waals surface area contributed by atoms with E-state index in [1.807, 2.05) is 106 Å². The Bertz CT molecular complexity index is 1100. The van der Waals surface area contributed by atoms with Crippen molar-refractivity contribution in [3.8, 4) is 0 Å². The van der Waals surface area contributed by atoms with E-state index in [-0.39, 0.29) is 4.90 Å². The molecule has 5 heteroatoms. The van der Waals surface area contributed by atoms with Gasteiger partial charge in [-0.2, -0.15) is 4.72 Å². The lowest BCUT2D eigenvalue weighted by atomic mass is 9.98. The summed E-state index contributed by atoms with van der Waals surface area (Å²) in [5, 5.41) is 0. The van der Waals surface area contributed by atoms with E-state index in [1.54, 1.807) is 12.1 Å². The zero-order chi connectivity index (χ0) is 21.7. The summed E-state index contributed by atoms with van der Waals surface area (Å²) in [4.78, 5) is 2.28. The standard InChI is InChI=1S/C25H28N2O2S/c1-19-10-16-24(17-11-19)30(28,29)26-25(20(2)18-21-8-6-5-7-9-21)22-12-14-23(15-13-22)27(3)4/h5-18,25-26H,1-4H3. The van der Waals surface area contributed by atoms with Crippen molar-refractivity contribution in [2.45, 2.75) is 24.8 Å². The minimum absolute atomic E-state index is 0.260. The topological polar surface area (TPSA) is 49.4 Å². The van der Waals surface area contributed by atoms with Crippen LogP contribution in [0.5, 0.6) is 0 Å². The van der Waals surface area contributed by atoms with Gasteiger partial charge in [0.2, 0.25) is 10.0 Å². The van der Waals surface area contributed by atoms with Crippen molar-refractivity contribution in [3.63, 3.8) is 0 Å². The summed E-state index contributed by atoms with van der Waals surface area (Å²) in [6, 6.07) is 24.3. The van der Waals surface area contributed by atoms with E-state index in [9.17, 15) is 8.42 Å². The molecule has 1 unspecified atom stereocenters. The summed E-state index contributed by atoms with van der Waals surface area (Å²) < 4.78 is 29.1. The van der Waals surface area contributed by atoms with Crippen molar-refractivity contribution in [2.75, 3.05) is 19.0 Å². The highest BCUT2D eigenvalue weighted by Crippen LogP contribution is 2.27. The first kappa shape index (κ1) is 21.8. The molecule has 3 aromatic rings. The quantitative estimate of drug-likeness (QED) is 0.573. The molecule has 0 bridgehead atoms. The Morgan fingerprint density at radius 2 is 1.50 bits per heavy atom. The Balaban J connectivity index is 2.00. The van der Waals surface area contributed by atoms with Crippen molar-refractivity contribution >= 4 is 21.8 Å². The van der Waals surface area contributed by atoms with Gasteiger partial charge in [-0.25, -0.2) is 8.42 Å². The molecule has 4 nitrogen and oxygen atoms in total. The third kappa shape index (κ3) is 5.38. The molecule has 0 aliphatic carbocycles. The average molecular weight is 421 g/mol. The highest BCUT2D eigenvalue weighted by molar-refractivity contribution is 7.89. The van der Waals surface area contributed by atoms with Crippen LogP contribution in [-0.4, -0.2) is 22.5 Å². The van der Waals surface area contributed by atoms with Gasteiger partial charge < -0.3 is 4.90 Å². The monoisotopic (exact) mass is 420 g/mol. The number of nitrogens with zero attached hydrogens (tertiary/aromatic N) is 1. The van der Waals surface area contributed by atoms with Gasteiger partial charge in [0.15, 0.2) is 0 Å². The van der Waals surface area contributed by atoms with E-state index in [1.165, 1.54) is 0 Å². The molecule has 1 atom stereocenters. The highest BCUT2D eigenvalue weighted by atomic mass is 32.2. The second kappa shape index (κ2) is 9.28. The van der Waals surface area contributed by atoms with Crippen molar-refractivity contribution in [3.05, 3.63) is 101 Å². The summed E-state index contributed by atoms with van der Waals surface area (Å²) in [6.07, 6.45) is 2.02. The number of anilines is 1. The fraction of sp³-hybridized carbons (Fsp3) is 0.200. The second-order valence-corrected chi connectivity index (χ2v) is 9.37. The first-order valence-corrected chi connectivity index (χ1v) is 11.3. The van der Waals surface area contributed by atoms with Crippen LogP contribution in [-0.2, 0) is 10.0 Å². The van der Waals surface area contributed by atoms with E-state index in [2.05, 4.69) is 4.72 Å². The van der Waals surface area contributed by atoms with Gasteiger partial charge in [0.25, 0.3) is 0 Å². The van der Waals surface area contributed by atoms with Gasteiger partial charge in [-0.3, -0.25) is 0 Å². The van der Waals surface area contributed by atoms with Gasteiger partial charge >= 0.3 is 0 Å². The third-order valence-electron chi connectivity index (χ3n) is 5.00. The second-order valence-electron chi connectivity index (χ2n) is 7.65. The van der Waals surface area contributed by atoms with Crippen LogP contribution < -0.4 is 9.62 Å². The minimum Gasteiger partial charge on any atom is -0.378 e.